The zero-order chi connectivity index (χ0) is 17.4. The summed E-state index contributed by atoms with van der Waals surface area (Å²) in [5.41, 5.74) is 1.13. The fraction of sp³-hybridized carbons (Fsp3) is 0.118. The minimum atomic E-state index is -0.634. The summed E-state index contributed by atoms with van der Waals surface area (Å²) in [7, 11) is 1.56. The Bertz CT molecular complexity index is 762. The highest BCUT2D eigenvalue weighted by Gasteiger charge is 2.08. The van der Waals surface area contributed by atoms with Gasteiger partial charge in [0.2, 0.25) is 0 Å². The van der Waals surface area contributed by atoms with E-state index in [0.717, 1.165) is 5.56 Å². The number of amides is 1. The van der Waals surface area contributed by atoms with Crippen LogP contribution >= 0.6 is 11.6 Å². The molecule has 1 aromatic heterocycles. The van der Waals surface area contributed by atoms with Gasteiger partial charge < -0.3 is 14.8 Å². The van der Waals surface area contributed by atoms with Crippen LogP contribution in [0.1, 0.15) is 5.56 Å². The highest BCUT2D eigenvalue weighted by Crippen LogP contribution is 2.17. The average Bonchev–Trinajstić information content (AvgIpc) is 2.60. The Morgan fingerprint density at radius 3 is 2.88 bits per heavy atom. The predicted octanol–water partition coefficient (Wildman–Crippen LogP) is 2.94. The van der Waals surface area contributed by atoms with Crippen molar-refractivity contribution >= 4 is 35.2 Å². The van der Waals surface area contributed by atoms with Gasteiger partial charge in [0, 0.05) is 12.3 Å². The Kier molecular flexibility index (Phi) is 6.33. The summed E-state index contributed by atoms with van der Waals surface area (Å²) in [5, 5.41) is 2.67. The minimum Gasteiger partial charge on any atom is -0.497 e. The van der Waals surface area contributed by atoms with Gasteiger partial charge in [-0.05, 0) is 35.9 Å². The first kappa shape index (κ1) is 17.5. The molecular formula is C17H15ClN2O4. The number of carbonyl (C=O) groups is 2. The van der Waals surface area contributed by atoms with Crippen molar-refractivity contribution in [2.24, 2.45) is 0 Å². The Balaban J connectivity index is 1.83. The molecule has 0 radical (unpaired) electrons. The summed E-state index contributed by atoms with van der Waals surface area (Å²) in [6.07, 6.45) is 4.31. The van der Waals surface area contributed by atoms with Gasteiger partial charge in [-0.3, -0.25) is 4.79 Å². The molecule has 0 aliphatic carbocycles. The van der Waals surface area contributed by atoms with Crippen LogP contribution in [0.5, 0.6) is 5.75 Å². The number of esters is 1. The summed E-state index contributed by atoms with van der Waals surface area (Å²) in [4.78, 5) is 27.2. The molecule has 2 rings (SSSR count). The molecule has 0 aliphatic rings. The highest BCUT2D eigenvalue weighted by molar-refractivity contribution is 6.32. The van der Waals surface area contributed by atoms with Crippen LogP contribution in [-0.2, 0) is 14.3 Å². The van der Waals surface area contributed by atoms with Gasteiger partial charge in [0.25, 0.3) is 5.91 Å². The molecular weight excluding hydrogens is 332 g/mol. The van der Waals surface area contributed by atoms with Crippen molar-refractivity contribution in [2.75, 3.05) is 19.0 Å². The van der Waals surface area contributed by atoms with Crippen molar-refractivity contribution in [3.05, 3.63) is 59.4 Å². The first-order valence-corrected chi connectivity index (χ1v) is 7.35. The first-order chi connectivity index (χ1) is 11.6. The molecule has 1 heterocycles. The number of pyridine rings is 1. The molecule has 1 N–H and O–H groups in total. The van der Waals surface area contributed by atoms with E-state index in [4.69, 9.17) is 21.1 Å². The van der Waals surface area contributed by atoms with Crippen LogP contribution in [0.25, 0.3) is 6.08 Å². The topological polar surface area (TPSA) is 77.5 Å². The van der Waals surface area contributed by atoms with E-state index in [0.29, 0.717) is 11.4 Å². The normalized spacial score (nSPS) is 10.4. The number of hydrogen-bond acceptors (Lipinski definition) is 5. The average molecular weight is 347 g/mol. The second kappa shape index (κ2) is 8.69. The van der Waals surface area contributed by atoms with Gasteiger partial charge >= 0.3 is 5.97 Å². The molecule has 0 fully saturated rings. The highest BCUT2D eigenvalue weighted by atomic mass is 35.5. The lowest BCUT2D eigenvalue weighted by atomic mass is 10.2. The Labute approximate surface area is 144 Å². The molecule has 0 bridgehead atoms. The Morgan fingerprint density at radius 1 is 1.29 bits per heavy atom. The van der Waals surface area contributed by atoms with Crippen molar-refractivity contribution < 1.29 is 19.1 Å². The van der Waals surface area contributed by atoms with Crippen molar-refractivity contribution in [2.45, 2.75) is 0 Å². The van der Waals surface area contributed by atoms with Gasteiger partial charge in [-0.25, -0.2) is 9.78 Å². The fourth-order valence-electron chi connectivity index (χ4n) is 1.76. The maximum Gasteiger partial charge on any atom is 0.331 e. The molecule has 0 saturated carbocycles. The van der Waals surface area contributed by atoms with Crippen LogP contribution < -0.4 is 10.1 Å². The largest absolute Gasteiger partial charge is 0.497 e. The standard InChI is InChI=1S/C17H15ClN2O4/c1-23-13-5-2-4-12(10-13)7-8-16(22)24-11-15(21)20-14-6-3-9-19-17(14)18/h2-10H,11H2,1H3,(H,20,21)/b8-7+. The predicted molar refractivity (Wildman–Crippen MR) is 90.9 cm³/mol. The Morgan fingerprint density at radius 2 is 2.12 bits per heavy atom. The maximum absolute atomic E-state index is 11.7. The Hall–Kier alpha value is -2.86. The molecule has 0 spiro atoms. The number of carbonyl (C=O) groups excluding carboxylic acids is 2. The van der Waals surface area contributed by atoms with E-state index in [1.807, 2.05) is 6.07 Å². The zero-order valence-corrected chi connectivity index (χ0v) is 13.6. The van der Waals surface area contributed by atoms with E-state index < -0.39 is 18.5 Å². The van der Waals surface area contributed by atoms with Crippen molar-refractivity contribution in [3.63, 3.8) is 0 Å². The van der Waals surface area contributed by atoms with Crippen molar-refractivity contribution in [1.82, 2.24) is 4.98 Å². The maximum atomic E-state index is 11.7. The van der Waals surface area contributed by atoms with Gasteiger partial charge in [0.15, 0.2) is 11.8 Å². The van der Waals surface area contributed by atoms with Gasteiger partial charge in [-0.1, -0.05) is 23.7 Å². The van der Waals surface area contributed by atoms with Crippen LogP contribution in [0.4, 0.5) is 5.69 Å². The molecule has 24 heavy (non-hydrogen) atoms. The molecule has 124 valence electrons. The van der Waals surface area contributed by atoms with E-state index in [1.165, 1.54) is 12.3 Å². The number of aromatic nitrogens is 1. The number of methoxy groups -OCH3 is 1. The summed E-state index contributed by atoms with van der Waals surface area (Å²) in [6, 6.07) is 10.4. The van der Waals surface area contributed by atoms with Crippen LogP contribution in [-0.4, -0.2) is 30.6 Å². The quantitative estimate of drug-likeness (QED) is 0.494. The van der Waals surface area contributed by atoms with E-state index in [2.05, 4.69) is 10.3 Å². The number of nitrogens with one attached hydrogen (secondary N) is 1. The number of benzene rings is 1. The molecule has 0 saturated heterocycles. The fourth-order valence-corrected chi connectivity index (χ4v) is 1.93. The zero-order valence-electron chi connectivity index (χ0n) is 12.9. The third-order valence-electron chi connectivity index (χ3n) is 2.88. The number of nitrogens with zero attached hydrogens (tertiary/aromatic N) is 1. The van der Waals surface area contributed by atoms with Gasteiger partial charge in [0.05, 0.1) is 12.8 Å². The summed E-state index contributed by atoms with van der Waals surface area (Å²) in [5.74, 6) is -0.462. The third kappa shape index (κ3) is 5.40. The van der Waals surface area contributed by atoms with E-state index in [-0.39, 0.29) is 5.15 Å². The molecule has 0 unspecified atom stereocenters. The summed E-state index contributed by atoms with van der Waals surface area (Å²) < 4.78 is 9.95. The van der Waals surface area contributed by atoms with Crippen molar-refractivity contribution in [3.8, 4) is 5.75 Å². The number of anilines is 1. The number of halogens is 1. The molecule has 1 amide bonds. The van der Waals surface area contributed by atoms with Gasteiger partial charge in [-0.2, -0.15) is 0 Å². The molecule has 2 aromatic rings. The lowest BCUT2D eigenvalue weighted by Gasteiger charge is -2.06. The van der Waals surface area contributed by atoms with Gasteiger partial charge in [-0.15, -0.1) is 0 Å². The molecule has 0 atom stereocenters. The summed E-state index contributed by atoms with van der Waals surface area (Å²) in [6.45, 7) is -0.424. The number of hydrogen-bond donors (Lipinski definition) is 1. The molecule has 7 heteroatoms. The third-order valence-corrected chi connectivity index (χ3v) is 3.19. The van der Waals surface area contributed by atoms with Gasteiger partial charge in [0.1, 0.15) is 5.75 Å². The number of rotatable bonds is 6. The lowest BCUT2D eigenvalue weighted by molar-refractivity contribution is -0.142. The van der Waals surface area contributed by atoms with E-state index >= 15 is 0 Å². The van der Waals surface area contributed by atoms with E-state index in [1.54, 1.807) is 43.5 Å². The molecule has 6 nitrogen and oxygen atoms in total. The van der Waals surface area contributed by atoms with Crippen molar-refractivity contribution in [1.29, 1.82) is 0 Å². The summed E-state index contributed by atoms with van der Waals surface area (Å²) >= 11 is 5.82. The number of ether oxygens (including phenoxy) is 2. The minimum absolute atomic E-state index is 0.162. The second-order valence-corrected chi connectivity index (χ2v) is 4.97. The molecule has 1 aromatic carbocycles. The first-order valence-electron chi connectivity index (χ1n) is 6.98. The monoisotopic (exact) mass is 346 g/mol. The SMILES string of the molecule is COc1cccc(/C=C/C(=O)OCC(=O)Nc2cccnc2Cl)c1. The van der Waals surface area contributed by atoms with Crippen LogP contribution in [0.3, 0.4) is 0 Å². The van der Waals surface area contributed by atoms with Crippen LogP contribution in [0.15, 0.2) is 48.7 Å². The van der Waals surface area contributed by atoms with E-state index in [9.17, 15) is 9.59 Å². The van der Waals surface area contributed by atoms with Crippen LogP contribution in [0, 0.1) is 0 Å². The van der Waals surface area contributed by atoms with Crippen LogP contribution in [0.2, 0.25) is 5.15 Å². The lowest BCUT2D eigenvalue weighted by Crippen LogP contribution is -2.20. The molecule has 0 aliphatic heterocycles. The smallest absolute Gasteiger partial charge is 0.331 e. The second-order valence-electron chi connectivity index (χ2n) is 4.61.